The van der Waals surface area contributed by atoms with E-state index in [2.05, 4.69) is 21.3 Å². The number of alkyl carbamates (subject to hydrolysis) is 1. The first kappa shape index (κ1) is 18.5. The number of hydrogen-bond donors (Lipinski definition) is 2. The number of rotatable bonds is 3. The van der Waals surface area contributed by atoms with Gasteiger partial charge in [0.1, 0.15) is 5.60 Å². The van der Waals surface area contributed by atoms with Gasteiger partial charge in [-0.25, -0.2) is 9.59 Å². The standard InChI is InChI=1S/C19H28N4O3/c1-19(2,3)26-18(25)20-14-8-10-23(11-9-14)12-13-6-5-7-15-16(13)22(4)17(24)21-15/h5-7,14H,8-12H2,1-4H3,(H,20,25)(H,21,24). The fraction of sp³-hybridized carbons (Fsp3) is 0.579. The fourth-order valence-corrected chi connectivity index (χ4v) is 3.47. The molecular formula is C19H28N4O3. The molecule has 0 spiro atoms. The van der Waals surface area contributed by atoms with Crippen LogP contribution in [0.2, 0.25) is 0 Å². The van der Waals surface area contributed by atoms with Crippen molar-refractivity contribution in [3.05, 3.63) is 34.2 Å². The lowest BCUT2D eigenvalue weighted by atomic mass is 10.0. The van der Waals surface area contributed by atoms with Crippen molar-refractivity contribution in [1.82, 2.24) is 19.8 Å². The molecule has 0 bridgehead atoms. The monoisotopic (exact) mass is 360 g/mol. The first-order valence-electron chi connectivity index (χ1n) is 9.11. The van der Waals surface area contributed by atoms with E-state index in [0.717, 1.165) is 49.1 Å². The molecule has 1 fully saturated rings. The topological polar surface area (TPSA) is 79.4 Å². The van der Waals surface area contributed by atoms with Crippen molar-refractivity contribution in [2.24, 2.45) is 7.05 Å². The summed E-state index contributed by atoms with van der Waals surface area (Å²) in [5.74, 6) is 0. The number of likely N-dealkylation sites (tertiary alicyclic amines) is 1. The number of ether oxygens (including phenoxy) is 1. The summed E-state index contributed by atoms with van der Waals surface area (Å²) < 4.78 is 7.00. The molecule has 0 aliphatic carbocycles. The number of nitrogens with one attached hydrogen (secondary N) is 2. The molecular weight excluding hydrogens is 332 g/mol. The van der Waals surface area contributed by atoms with Crippen LogP contribution in [0.4, 0.5) is 4.79 Å². The Morgan fingerprint density at radius 3 is 2.65 bits per heavy atom. The molecule has 1 aromatic heterocycles. The zero-order valence-electron chi connectivity index (χ0n) is 16.0. The summed E-state index contributed by atoms with van der Waals surface area (Å²) in [4.78, 5) is 29.0. The number of carbonyl (C=O) groups excluding carboxylic acids is 1. The summed E-state index contributed by atoms with van der Waals surface area (Å²) in [6.07, 6.45) is 1.44. The molecule has 142 valence electrons. The number of aryl methyl sites for hydroxylation is 1. The second-order valence-corrected chi connectivity index (χ2v) is 8.00. The van der Waals surface area contributed by atoms with E-state index in [9.17, 15) is 9.59 Å². The lowest BCUT2D eigenvalue weighted by Gasteiger charge is -2.33. The van der Waals surface area contributed by atoms with Crippen molar-refractivity contribution >= 4 is 17.1 Å². The van der Waals surface area contributed by atoms with E-state index < -0.39 is 5.60 Å². The van der Waals surface area contributed by atoms with Crippen LogP contribution in [0, 0.1) is 0 Å². The summed E-state index contributed by atoms with van der Waals surface area (Å²) >= 11 is 0. The molecule has 0 saturated carbocycles. The summed E-state index contributed by atoms with van der Waals surface area (Å²) in [7, 11) is 1.79. The molecule has 1 saturated heterocycles. The highest BCUT2D eigenvalue weighted by atomic mass is 16.6. The maximum atomic E-state index is 11.9. The Morgan fingerprint density at radius 2 is 2.00 bits per heavy atom. The van der Waals surface area contributed by atoms with Crippen LogP contribution in [-0.4, -0.2) is 45.3 Å². The smallest absolute Gasteiger partial charge is 0.407 e. The molecule has 1 aromatic carbocycles. The Bertz CT molecular complexity index is 839. The molecule has 1 aliphatic heterocycles. The Balaban J connectivity index is 1.58. The second kappa shape index (κ2) is 7.15. The van der Waals surface area contributed by atoms with Crippen LogP contribution in [0.25, 0.3) is 11.0 Å². The van der Waals surface area contributed by atoms with Crippen molar-refractivity contribution in [2.75, 3.05) is 13.1 Å². The van der Waals surface area contributed by atoms with Crippen LogP contribution < -0.4 is 11.0 Å². The van der Waals surface area contributed by atoms with Crippen molar-refractivity contribution in [3.63, 3.8) is 0 Å². The van der Waals surface area contributed by atoms with E-state index >= 15 is 0 Å². The number of H-pyrrole nitrogens is 1. The van der Waals surface area contributed by atoms with Gasteiger partial charge in [0, 0.05) is 32.7 Å². The average molecular weight is 360 g/mol. The number of imidazole rings is 1. The van der Waals surface area contributed by atoms with Crippen LogP contribution in [0.15, 0.2) is 23.0 Å². The molecule has 1 aliphatic rings. The molecule has 0 radical (unpaired) electrons. The molecule has 2 N–H and O–H groups in total. The zero-order chi connectivity index (χ0) is 18.9. The highest BCUT2D eigenvalue weighted by Gasteiger charge is 2.24. The molecule has 2 aromatic rings. The Kier molecular flexibility index (Phi) is 5.09. The quantitative estimate of drug-likeness (QED) is 0.881. The van der Waals surface area contributed by atoms with E-state index in [0.29, 0.717) is 0 Å². The highest BCUT2D eigenvalue weighted by molar-refractivity contribution is 5.78. The Hall–Kier alpha value is -2.28. The average Bonchev–Trinajstić information content (AvgIpc) is 2.83. The number of carbonyl (C=O) groups is 1. The minimum atomic E-state index is -0.476. The van der Waals surface area contributed by atoms with Crippen molar-refractivity contribution < 1.29 is 9.53 Å². The molecule has 7 nitrogen and oxygen atoms in total. The molecule has 2 heterocycles. The van der Waals surface area contributed by atoms with Crippen molar-refractivity contribution in [3.8, 4) is 0 Å². The fourth-order valence-electron chi connectivity index (χ4n) is 3.47. The third kappa shape index (κ3) is 4.27. The third-order valence-corrected chi connectivity index (χ3v) is 4.70. The van der Waals surface area contributed by atoms with Crippen LogP contribution in [0.1, 0.15) is 39.2 Å². The molecule has 7 heteroatoms. The molecule has 3 rings (SSSR count). The van der Waals surface area contributed by atoms with Gasteiger partial charge < -0.3 is 15.0 Å². The minimum Gasteiger partial charge on any atom is -0.444 e. The molecule has 0 unspecified atom stereocenters. The van der Waals surface area contributed by atoms with Crippen LogP contribution in [0.5, 0.6) is 0 Å². The van der Waals surface area contributed by atoms with Gasteiger partial charge in [-0.15, -0.1) is 0 Å². The van der Waals surface area contributed by atoms with Gasteiger partial charge in [0.15, 0.2) is 0 Å². The second-order valence-electron chi connectivity index (χ2n) is 8.00. The zero-order valence-corrected chi connectivity index (χ0v) is 16.0. The van der Waals surface area contributed by atoms with Crippen LogP contribution >= 0.6 is 0 Å². The largest absolute Gasteiger partial charge is 0.444 e. The number of benzene rings is 1. The van der Waals surface area contributed by atoms with E-state index in [1.165, 1.54) is 0 Å². The first-order chi connectivity index (χ1) is 12.2. The maximum absolute atomic E-state index is 11.9. The maximum Gasteiger partial charge on any atom is 0.407 e. The van der Waals surface area contributed by atoms with Crippen molar-refractivity contribution in [1.29, 1.82) is 0 Å². The predicted octanol–water partition coefficient (Wildman–Crippen LogP) is 2.36. The first-order valence-corrected chi connectivity index (χ1v) is 9.11. The van der Waals surface area contributed by atoms with E-state index in [1.807, 2.05) is 32.9 Å². The number of amides is 1. The van der Waals surface area contributed by atoms with E-state index in [4.69, 9.17) is 4.74 Å². The molecule has 0 atom stereocenters. The number of hydrogen-bond acceptors (Lipinski definition) is 4. The minimum absolute atomic E-state index is 0.0901. The predicted molar refractivity (Wildman–Crippen MR) is 101 cm³/mol. The lowest BCUT2D eigenvalue weighted by molar-refractivity contribution is 0.0477. The number of para-hydroxylation sites is 1. The van der Waals surface area contributed by atoms with Crippen LogP contribution in [-0.2, 0) is 18.3 Å². The van der Waals surface area contributed by atoms with E-state index in [-0.39, 0.29) is 17.8 Å². The number of piperidine rings is 1. The summed E-state index contributed by atoms with van der Waals surface area (Å²) in [6, 6.07) is 6.12. The molecule has 26 heavy (non-hydrogen) atoms. The summed E-state index contributed by atoms with van der Waals surface area (Å²) in [5, 5.41) is 2.96. The number of aromatic nitrogens is 2. The lowest BCUT2D eigenvalue weighted by Crippen LogP contribution is -2.45. The molecule has 1 amide bonds. The SMILES string of the molecule is Cn1c(=O)[nH]c2cccc(CN3CCC(NC(=O)OC(C)(C)C)CC3)c21. The van der Waals surface area contributed by atoms with E-state index in [1.54, 1.807) is 11.6 Å². The van der Waals surface area contributed by atoms with Gasteiger partial charge in [0.25, 0.3) is 0 Å². The van der Waals surface area contributed by atoms with Gasteiger partial charge in [-0.2, -0.15) is 0 Å². The third-order valence-electron chi connectivity index (χ3n) is 4.70. The normalized spacial score (nSPS) is 16.8. The van der Waals surface area contributed by atoms with Gasteiger partial charge in [-0.3, -0.25) is 9.47 Å². The Labute approximate surface area is 153 Å². The summed E-state index contributed by atoms with van der Waals surface area (Å²) in [6.45, 7) is 8.18. The number of nitrogens with zero attached hydrogens (tertiary/aromatic N) is 2. The van der Waals surface area contributed by atoms with Gasteiger partial charge in [0.2, 0.25) is 0 Å². The van der Waals surface area contributed by atoms with Gasteiger partial charge in [-0.05, 0) is 45.2 Å². The van der Waals surface area contributed by atoms with Crippen molar-refractivity contribution in [2.45, 2.75) is 51.8 Å². The van der Waals surface area contributed by atoms with Gasteiger partial charge >= 0.3 is 11.8 Å². The van der Waals surface area contributed by atoms with Crippen LogP contribution in [0.3, 0.4) is 0 Å². The number of fused-ring (bicyclic) bond motifs is 1. The van der Waals surface area contributed by atoms with Gasteiger partial charge in [-0.1, -0.05) is 12.1 Å². The van der Waals surface area contributed by atoms with Gasteiger partial charge in [0.05, 0.1) is 11.0 Å². The highest BCUT2D eigenvalue weighted by Crippen LogP contribution is 2.20. The summed E-state index contributed by atoms with van der Waals surface area (Å²) in [5.41, 5.74) is 2.41. The number of aromatic amines is 1. The Morgan fingerprint density at radius 1 is 1.31 bits per heavy atom.